The Kier molecular flexibility index (Phi) is 21.7. The number of rotatable bonds is 20. The third-order valence-corrected chi connectivity index (χ3v) is 9.84. The van der Waals surface area contributed by atoms with Crippen LogP contribution in [-0.4, -0.2) is 211 Å². The molecule has 66 heavy (non-hydrogen) atoms. The van der Waals surface area contributed by atoms with Crippen molar-refractivity contribution in [2.24, 2.45) is 0 Å². The number of esters is 4. The number of nitrogens with one attached hydrogen (secondary N) is 1. The zero-order chi connectivity index (χ0) is 48.3. The number of hydrogen-bond donors (Lipinski definition) is 8. The fraction of sp³-hybridized carbons (Fsp3) is 0.730. The normalized spacial score (nSPS) is 32.8. The summed E-state index contributed by atoms with van der Waals surface area (Å²) < 4.78 is 55.2. The molecule has 3 saturated heterocycles. The Morgan fingerprint density at radius 1 is 0.894 bits per heavy atom. The molecule has 16 atom stereocenters. The van der Waals surface area contributed by atoms with Gasteiger partial charge in [0, 0.05) is 34.1 Å². The van der Waals surface area contributed by atoms with Gasteiger partial charge in [-0.15, -0.1) is 11.5 Å². The number of aliphatic hydroxyl groups is 7. The van der Waals surface area contributed by atoms with Gasteiger partial charge in [-0.05, 0) is 0 Å². The SMILES string of the molecule is C#CCO[C@@H]1O[C@H](CO[C@]2(C(=O)[O-])C[C@H](O)[C@@H](NC(=O)Cn3cc(CO[C@@H]4O[C@H](COC(C)=O)[C@H](OC(C)=O)[C@H](OC(C)=O)[C@H]4OC(C)=O)nn3)[C@H]([C@H](O)[C@H](O)CO)O2)[C@H](O)[C@H](O)[C@H]1O.[Na+]. The van der Waals surface area contributed by atoms with Crippen LogP contribution in [0.25, 0.3) is 0 Å². The molecule has 1 aromatic heterocycles. The summed E-state index contributed by atoms with van der Waals surface area (Å²) in [7, 11) is 0. The molecule has 3 fully saturated rings. The maximum atomic E-state index is 13.4. The Bertz CT molecular complexity index is 1870. The minimum atomic E-state index is -3.00. The number of carbonyl (C=O) groups is 6. The number of aliphatic carboxylic acids is 1. The van der Waals surface area contributed by atoms with Crippen molar-refractivity contribution in [2.75, 3.05) is 26.4 Å². The van der Waals surface area contributed by atoms with Gasteiger partial charge in [0.25, 0.3) is 0 Å². The first-order chi connectivity index (χ1) is 30.6. The molecular formula is C37H51N4NaO24. The Morgan fingerprint density at radius 3 is 2.11 bits per heavy atom. The van der Waals surface area contributed by atoms with Gasteiger partial charge in [-0.1, -0.05) is 11.1 Å². The van der Waals surface area contributed by atoms with Gasteiger partial charge in [-0.25, -0.2) is 4.68 Å². The number of nitrogens with zero attached hydrogens (tertiary/aromatic N) is 3. The summed E-state index contributed by atoms with van der Waals surface area (Å²) >= 11 is 0. The van der Waals surface area contributed by atoms with E-state index in [1.54, 1.807) is 0 Å². The first-order valence-electron chi connectivity index (χ1n) is 19.6. The first kappa shape index (κ1) is 56.3. The molecule has 0 saturated carbocycles. The van der Waals surface area contributed by atoms with Crippen LogP contribution in [0.5, 0.6) is 0 Å². The van der Waals surface area contributed by atoms with Crippen LogP contribution in [0.2, 0.25) is 0 Å². The molecule has 0 aromatic carbocycles. The molecule has 0 spiro atoms. The third kappa shape index (κ3) is 14.7. The van der Waals surface area contributed by atoms with Crippen molar-refractivity contribution in [2.45, 2.75) is 145 Å². The summed E-state index contributed by atoms with van der Waals surface area (Å²) in [5.41, 5.74) is 0.00460. The van der Waals surface area contributed by atoms with Crippen LogP contribution in [0, 0.1) is 12.3 Å². The molecule has 3 aliphatic heterocycles. The molecule has 3 aliphatic rings. The second kappa shape index (κ2) is 25.4. The molecule has 1 aromatic rings. The molecule has 29 heteroatoms. The van der Waals surface area contributed by atoms with E-state index in [1.807, 2.05) is 0 Å². The van der Waals surface area contributed by atoms with Gasteiger partial charge in [0.2, 0.25) is 11.7 Å². The van der Waals surface area contributed by atoms with Crippen molar-refractivity contribution in [1.82, 2.24) is 20.3 Å². The Hall–Kier alpha value is -4.00. The predicted octanol–water partition coefficient (Wildman–Crippen LogP) is -10.8. The van der Waals surface area contributed by atoms with Gasteiger partial charge < -0.3 is 98.3 Å². The van der Waals surface area contributed by atoms with E-state index >= 15 is 0 Å². The minimum Gasteiger partial charge on any atom is -0.544 e. The minimum absolute atomic E-state index is 0. The average molecular weight is 959 g/mol. The molecule has 0 bridgehead atoms. The molecule has 28 nitrogen and oxygen atoms in total. The van der Waals surface area contributed by atoms with Crippen LogP contribution < -0.4 is 40.0 Å². The van der Waals surface area contributed by atoms with E-state index in [2.05, 4.69) is 21.5 Å². The Balaban J connectivity index is 0.0000116. The van der Waals surface area contributed by atoms with Gasteiger partial charge in [-0.3, -0.25) is 24.0 Å². The molecule has 4 rings (SSSR count). The molecule has 0 aliphatic carbocycles. The number of carbonyl (C=O) groups excluding carboxylic acids is 6. The second-order valence-electron chi connectivity index (χ2n) is 14.9. The van der Waals surface area contributed by atoms with E-state index in [9.17, 15) is 69.6 Å². The number of terminal acetylenes is 1. The number of amides is 1. The number of aliphatic hydroxyl groups excluding tert-OH is 7. The van der Waals surface area contributed by atoms with E-state index in [4.69, 9.17) is 53.8 Å². The fourth-order valence-electron chi connectivity index (χ4n) is 6.92. The van der Waals surface area contributed by atoms with Crippen molar-refractivity contribution in [1.29, 1.82) is 0 Å². The van der Waals surface area contributed by atoms with Gasteiger partial charge in [-0.2, -0.15) is 0 Å². The van der Waals surface area contributed by atoms with E-state index in [0.29, 0.717) is 0 Å². The summed E-state index contributed by atoms with van der Waals surface area (Å²) in [5, 5.41) is 95.7. The van der Waals surface area contributed by atoms with Crippen LogP contribution in [0.4, 0.5) is 0 Å². The van der Waals surface area contributed by atoms with E-state index in [1.165, 1.54) is 6.20 Å². The molecular weight excluding hydrogens is 907 g/mol. The quantitative estimate of drug-likeness (QED) is 0.0260. The summed E-state index contributed by atoms with van der Waals surface area (Å²) in [4.78, 5) is 73.8. The van der Waals surface area contributed by atoms with Gasteiger partial charge in [0.1, 0.15) is 80.3 Å². The third-order valence-electron chi connectivity index (χ3n) is 9.84. The molecule has 0 unspecified atom stereocenters. The van der Waals surface area contributed by atoms with Gasteiger partial charge in [0.05, 0.1) is 38.2 Å². The van der Waals surface area contributed by atoms with Crippen LogP contribution in [0.3, 0.4) is 0 Å². The predicted molar refractivity (Wildman–Crippen MR) is 198 cm³/mol. The molecule has 8 N–H and O–H groups in total. The zero-order valence-corrected chi connectivity index (χ0v) is 38.2. The largest absolute Gasteiger partial charge is 1.00 e. The first-order valence-corrected chi connectivity index (χ1v) is 19.6. The fourth-order valence-corrected chi connectivity index (χ4v) is 6.92. The summed E-state index contributed by atoms with van der Waals surface area (Å²) in [5.74, 6) is -7.37. The van der Waals surface area contributed by atoms with Crippen molar-refractivity contribution >= 4 is 35.8 Å². The van der Waals surface area contributed by atoms with Crippen molar-refractivity contribution in [3.63, 3.8) is 0 Å². The molecule has 0 radical (unpaired) electrons. The van der Waals surface area contributed by atoms with Crippen LogP contribution >= 0.6 is 0 Å². The van der Waals surface area contributed by atoms with Gasteiger partial charge >= 0.3 is 53.4 Å². The number of hydrogen-bond acceptors (Lipinski definition) is 26. The summed E-state index contributed by atoms with van der Waals surface area (Å²) in [6.07, 6.45) is -19.3. The Morgan fingerprint density at radius 2 is 1.52 bits per heavy atom. The summed E-state index contributed by atoms with van der Waals surface area (Å²) in [6.45, 7) is 0.0408. The number of carboxylic acids is 1. The molecule has 4 heterocycles. The second-order valence-corrected chi connectivity index (χ2v) is 14.9. The van der Waals surface area contributed by atoms with Crippen LogP contribution in [0.15, 0.2) is 6.20 Å². The number of carboxylic acid groups (broad SMARTS) is 1. The van der Waals surface area contributed by atoms with E-state index in [0.717, 1.165) is 32.4 Å². The molecule has 1 amide bonds. The van der Waals surface area contributed by atoms with Crippen molar-refractivity contribution < 1.29 is 147 Å². The molecule has 364 valence electrons. The maximum Gasteiger partial charge on any atom is 1.00 e. The smallest absolute Gasteiger partial charge is 0.544 e. The average Bonchev–Trinajstić information content (AvgIpc) is 3.68. The van der Waals surface area contributed by atoms with Crippen molar-refractivity contribution in [3.05, 3.63) is 11.9 Å². The topological polar surface area (TPSA) is 402 Å². The summed E-state index contributed by atoms with van der Waals surface area (Å²) in [6, 6.07) is -1.74. The standard InChI is InChI=1S/C37H52N4O24.Na/c1-6-7-56-34-29(53)28(52)27(51)22(63-34)14-59-37(36(54)55)8-20(47)25(31(65-37)26(50)21(48)11-42)38-24(49)10-41-9-19(39-40-41)12-58-35-33(62-18(5)46)32(61-17(4)45)30(60-16(3)44)23(64-35)13-57-15(2)43;/h1,9,20-23,25-35,42,47-48,50-53H,7-8,10-14H2,2-5H3,(H,38,49)(H,54,55);/q;+1/p-1/t20-,21+,22+,23+,25+,26+,27-,28-,29+,30-,31+,32-,33+,34+,35+,37+;/m0./s1. The Labute approximate surface area is 396 Å². The number of aromatic nitrogens is 3. The maximum absolute atomic E-state index is 13.4. The zero-order valence-electron chi connectivity index (χ0n) is 36.2. The van der Waals surface area contributed by atoms with Crippen molar-refractivity contribution in [3.8, 4) is 12.3 Å². The van der Waals surface area contributed by atoms with E-state index < -0.39 is 179 Å². The van der Waals surface area contributed by atoms with Crippen LogP contribution in [0.1, 0.15) is 39.8 Å². The van der Waals surface area contributed by atoms with Gasteiger partial charge in [0.15, 0.2) is 30.9 Å². The van der Waals surface area contributed by atoms with Crippen LogP contribution in [-0.2, 0) is 89.3 Å². The van der Waals surface area contributed by atoms with E-state index in [-0.39, 0.29) is 35.3 Å². The number of ether oxygens (including phenoxy) is 10. The monoisotopic (exact) mass is 958 g/mol.